The smallest absolute Gasteiger partial charge is 0.164 e. The minimum Gasteiger partial charge on any atom is -0.374 e. The molecule has 0 aromatic carbocycles. The number of ketones is 1. The highest BCUT2D eigenvalue weighted by atomic mass is 16.6. The Kier molecular flexibility index (Phi) is 3.86. The summed E-state index contributed by atoms with van der Waals surface area (Å²) in [5.41, 5.74) is 0.850. The summed E-state index contributed by atoms with van der Waals surface area (Å²) in [6.07, 6.45) is 12.4. The van der Waals surface area contributed by atoms with E-state index in [1.165, 1.54) is 44.9 Å². The molecule has 172 valence electrons. The zero-order valence-electron chi connectivity index (χ0n) is 20.1. The molecule has 2 aliphatic heterocycles. The van der Waals surface area contributed by atoms with Gasteiger partial charge in [-0.1, -0.05) is 27.7 Å². The van der Waals surface area contributed by atoms with Crippen LogP contribution >= 0.6 is 0 Å². The molecule has 2 spiro atoms. The molecule has 7 rings (SSSR count). The van der Waals surface area contributed by atoms with Crippen LogP contribution in [0.1, 0.15) is 91.9 Å². The lowest BCUT2D eigenvalue weighted by atomic mass is 9.44. The molecule has 5 aliphatic carbocycles. The van der Waals surface area contributed by atoms with Crippen molar-refractivity contribution in [3.05, 3.63) is 0 Å². The summed E-state index contributed by atoms with van der Waals surface area (Å²) in [5, 5.41) is 0. The molecule has 2 saturated heterocycles. The maximum atomic E-state index is 12.4. The highest BCUT2D eigenvalue weighted by molar-refractivity contribution is 5.88. The van der Waals surface area contributed by atoms with Crippen LogP contribution in [0.5, 0.6) is 0 Å². The average Bonchev–Trinajstić information content (AvgIpc) is 3.34. The molecule has 12 atom stereocenters. The largest absolute Gasteiger partial charge is 0.374 e. The van der Waals surface area contributed by atoms with E-state index in [1.807, 2.05) is 0 Å². The van der Waals surface area contributed by atoms with Crippen LogP contribution in [0.4, 0.5) is 0 Å². The van der Waals surface area contributed by atoms with Crippen molar-refractivity contribution in [3.63, 3.8) is 0 Å². The van der Waals surface area contributed by atoms with Crippen molar-refractivity contribution >= 4 is 5.78 Å². The van der Waals surface area contributed by atoms with Crippen LogP contribution in [0, 0.1) is 52.3 Å². The lowest BCUT2D eigenvalue weighted by Gasteiger charge is -2.60. The summed E-state index contributed by atoms with van der Waals surface area (Å²) in [6, 6.07) is 0. The van der Waals surface area contributed by atoms with Crippen molar-refractivity contribution in [2.24, 2.45) is 52.3 Å². The molecule has 3 nitrogen and oxygen atoms in total. The quantitative estimate of drug-likeness (QED) is 0.460. The van der Waals surface area contributed by atoms with Gasteiger partial charge in [-0.3, -0.25) is 4.79 Å². The fraction of sp³-hybridized carbons (Fsp3) is 0.964. The van der Waals surface area contributed by atoms with Crippen molar-refractivity contribution in [1.82, 2.24) is 0 Å². The molecule has 2 unspecified atom stereocenters. The van der Waals surface area contributed by atoms with Gasteiger partial charge in [-0.25, -0.2) is 0 Å². The Morgan fingerprint density at radius 2 is 1.81 bits per heavy atom. The first-order valence-corrected chi connectivity index (χ1v) is 13.6. The van der Waals surface area contributed by atoms with Crippen LogP contribution in [0.3, 0.4) is 0 Å². The Bertz CT molecular complexity index is 813. The first-order valence-electron chi connectivity index (χ1n) is 13.6. The van der Waals surface area contributed by atoms with E-state index >= 15 is 0 Å². The fourth-order valence-electron chi connectivity index (χ4n) is 11.3. The second-order valence-corrected chi connectivity index (χ2v) is 13.8. The maximum absolute atomic E-state index is 12.4. The summed E-state index contributed by atoms with van der Waals surface area (Å²) >= 11 is 0. The van der Waals surface area contributed by atoms with Gasteiger partial charge in [0.1, 0.15) is 11.7 Å². The van der Waals surface area contributed by atoms with Gasteiger partial charge in [0.05, 0.1) is 5.60 Å². The van der Waals surface area contributed by atoms with E-state index in [9.17, 15) is 4.79 Å². The maximum Gasteiger partial charge on any atom is 0.164 e. The SMILES string of the molecule is C[C@@H]1CC[C@]2(C[C@H]3C[C@H]4[C@@H]5CCC67OC6C(=O)CC[C@]7(C)[C@H]5CC[C@]4(C)[C@H]3[C@@H]2C)OC1. The van der Waals surface area contributed by atoms with E-state index < -0.39 is 0 Å². The summed E-state index contributed by atoms with van der Waals surface area (Å²) < 4.78 is 13.0. The van der Waals surface area contributed by atoms with Crippen molar-refractivity contribution in [2.75, 3.05) is 6.61 Å². The van der Waals surface area contributed by atoms with Gasteiger partial charge in [-0.15, -0.1) is 0 Å². The Morgan fingerprint density at radius 1 is 0.968 bits per heavy atom. The van der Waals surface area contributed by atoms with Crippen LogP contribution in [0.25, 0.3) is 0 Å². The van der Waals surface area contributed by atoms with Gasteiger partial charge in [0.2, 0.25) is 0 Å². The molecule has 2 heterocycles. The van der Waals surface area contributed by atoms with Gasteiger partial charge in [-0.05, 0) is 105 Å². The fourth-order valence-corrected chi connectivity index (χ4v) is 11.3. The van der Waals surface area contributed by atoms with E-state index in [2.05, 4.69) is 27.7 Å². The molecule has 7 aliphatic rings. The lowest BCUT2D eigenvalue weighted by Crippen LogP contribution is -2.58. The van der Waals surface area contributed by atoms with E-state index in [0.717, 1.165) is 61.4 Å². The van der Waals surface area contributed by atoms with E-state index in [-0.39, 0.29) is 22.7 Å². The molecule has 31 heavy (non-hydrogen) atoms. The Hall–Kier alpha value is -0.410. The average molecular weight is 427 g/mol. The number of epoxide rings is 1. The van der Waals surface area contributed by atoms with Crippen molar-refractivity contribution in [1.29, 1.82) is 0 Å². The van der Waals surface area contributed by atoms with E-state index in [4.69, 9.17) is 9.47 Å². The zero-order chi connectivity index (χ0) is 21.4. The molecule has 7 fully saturated rings. The van der Waals surface area contributed by atoms with Gasteiger partial charge in [0.25, 0.3) is 0 Å². The van der Waals surface area contributed by atoms with Crippen LogP contribution in [-0.2, 0) is 14.3 Å². The summed E-state index contributed by atoms with van der Waals surface area (Å²) in [5.74, 6) is 6.09. The predicted molar refractivity (Wildman–Crippen MR) is 119 cm³/mol. The van der Waals surface area contributed by atoms with Crippen LogP contribution in [-0.4, -0.2) is 29.7 Å². The van der Waals surface area contributed by atoms with Crippen LogP contribution in [0.15, 0.2) is 0 Å². The second-order valence-electron chi connectivity index (χ2n) is 13.8. The Morgan fingerprint density at radius 3 is 2.58 bits per heavy atom. The zero-order valence-corrected chi connectivity index (χ0v) is 20.1. The summed E-state index contributed by atoms with van der Waals surface area (Å²) in [4.78, 5) is 12.4. The van der Waals surface area contributed by atoms with Crippen molar-refractivity contribution < 1.29 is 14.3 Å². The molecule has 0 amide bonds. The first kappa shape index (κ1) is 20.0. The Labute approximate surface area is 188 Å². The number of ether oxygens (including phenoxy) is 2. The number of hydrogen-bond acceptors (Lipinski definition) is 3. The molecule has 5 saturated carbocycles. The number of fused-ring (bicyclic) bond motifs is 6. The molecule has 0 bridgehead atoms. The number of Topliss-reactive ketones (excluding diaryl/α,β-unsaturated/α-hetero) is 1. The molecule has 0 radical (unpaired) electrons. The molecular formula is C28H42O3. The number of carbonyl (C=O) groups is 1. The molecule has 0 N–H and O–H groups in total. The standard InChI is InChI=1S/C28H42O3/c1-16-5-11-27(30-15-16)14-18-13-21-19-6-12-28-24(31-28)22(29)8-10-26(28,4)20(19)7-9-25(21,3)23(18)17(27)2/h16-21,23-24H,5-15H2,1-4H3/t16-,17+,18-,19-,20+,21+,23+,24?,25+,26-,27-,28?/m1/s1. The monoisotopic (exact) mass is 426 g/mol. The number of rotatable bonds is 0. The van der Waals surface area contributed by atoms with Gasteiger partial charge < -0.3 is 9.47 Å². The molecule has 0 aromatic heterocycles. The normalized spacial score (nSPS) is 64.3. The number of carbonyl (C=O) groups excluding carboxylic acids is 1. The third-order valence-corrected chi connectivity index (χ3v) is 12.9. The van der Waals surface area contributed by atoms with Crippen molar-refractivity contribution in [3.8, 4) is 0 Å². The second kappa shape index (κ2) is 5.98. The van der Waals surface area contributed by atoms with Crippen LogP contribution in [0.2, 0.25) is 0 Å². The van der Waals surface area contributed by atoms with E-state index in [1.54, 1.807) is 0 Å². The lowest BCUT2D eigenvalue weighted by molar-refractivity contribution is -0.149. The number of hydrogen-bond donors (Lipinski definition) is 0. The highest BCUT2D eigenvalue weighted by Crippen LogP contribution is 2.75. The first-order chi connectivity index (χ1) is 14.7. The summed E-state index contributed by atoms with van der Waals surface area (Å²) in [7, 11) is 0. The van der Waals surface area contributed by atoms with Gasteiger partial charge in [0.15, 0.2) is 5.78 Å². The molecule has 3 heteroatoms. The van der Waals surface area contributed by atoms with Gasteiger partial charge in [0, 0.05) is 18.4 Å². The van der Waals surface area contributed by atoms with Crippen molar-refractivity contribution in [2.45, 2.75) is 109 Å². The van der Waals surface area contributed by atoms with E-state index in [0.29, 0.717) is 17.1 Å². The van der Waals surface area contributed by atoms with Crippen LogP contribution < -0.4 is 0 Å². The minimum absolute atomic E-state index is 0.0470. The molecular weight excluding hydrogens is 384 g/mol. The minimum atomic E-state index is -0.0737. The Balaban J connectivity index is 1.18. The molecule has 0 aromatic rings. The predicted octanol–water partition coefficient (Wildman–Crippen LogP) is 5.80. The highest BCUT2D eigenvalue weighted by Gasteiger charge is 2.77. The third kappa shape index (κ3) is 2.23. The summed E-state index contributed by atoms with van der Waals surface area (Å²) in [6.45, 7) is 11.1. The van der Waals surface area contributed by atoms with Gasteiger partial charge >= 0.3 is 0 Å². The third-order valence-electron chi connectivity index (χ3n) is 12.9. The van der Waals surface area contributed by atoms with Gasteiger partial charge in [-0.2, -0.15) is 0 Å². The topological polar surface area (TPSA) is 38.8 Å².